The standard InChI is InChI=1S/C74H46N8/c75-45-57-41-73(81-69-33-31-63(43-65(69)67-47-77-37-35-71(67)81)79(61-29-23-51-15-7-9-17-55(51)39-61)59-25-19-53(20-26-59)49-11-3-1-4-12-49)74(42-58(57)46-76)82-70-34-32-64(44-66(70)68-48-78-38-36-72(68)82)80(62-30-24-52-16-8-10-18-56(52)40-62)60-27-21-54(22-28-60)50-13-5-2-6-14-50/h1-44,47-48H. The fraction of sp³-hybridized carbons (Fsp3) is 0. The topological polar surface area (TPSA) is 89.7 Å². The molecule has 0 aliphatic rings. The largest absolute Gasteiger partial charge is 0.310 e. The monoisotopic (exact) mass is 1050 g/mol. The van der Waals surface area contributed by atoms with E-state index in [0.717, 1.165) is 133 Å². The zero-order valence-corrected chi connectivity index (χ0v) is 44.1. The van der Waals surface area contributed by atoms with Crippen LogP contribution in [0.3, 0.4) is 0 Å². The van der Waals surface area contributed by atoms with Gasteiger partial charge in [0.1, 0.15) is 12.1 Å². The van der Waals surface area contributed by atoms with Crippen LogP contribution in [0, 0.1) is 22.7 Å². The van der Waals surface area contributed by atoms with Crippen LogP contribution in [0.1, 0.15) is 11.1 Å². The first-order valence-electron chi connectivity index (χ1n) is 27.2. The molecule has 0 aliphatic heterocycles. The van der Waals surface area contributed by atoms with Gasteiger partial charge < -0.3 is 18.9 Å². The molecule has 0 amide bonds. The molecular weight excluding hydrogens is 1000 g/mol. The lowest BCUT2D eigenvalue weighted by molar-refractivity contribution is 1.09. The molecule has 4 heterocycles. The third kappa shape index (κ3) is 8.06. The number of nitriles is 2. The molecular formula is C74H46N8. The summed E-state index contributed by atoms with van der Waals surface area (Å²) >= 11 is 0. The van der Waals surface area contributed by atoms with Gasteiger partial charge in [-0.1, -0.05) is 146 Å². The molecule has 15 rings (SSSR count). The van der Waals surface area contributed by atoms with E-state index in [1.54, 1.807) is 0 Å². The Labute approximate surface area is 472 Å². The maximum absolute atomic E-state index is 10.8. The normalized spacial score (nSPS) is 11.4. The highest BCUT2D eigenvalue weighted by atomic mass is 15.2. The Hall–Kier alpha value is -11.6. The van der Waals surface area contributed by atoms with Gasteiger partial charge in [-0.05, 0) is 153 Å². The van der Waals surface area contributed by atoms with Crippen LogP contribution in [0.5, 0.6) is 0 Å². The lowest BCUT2D eigenvalue weighted by Crippen LogP contribution is -2.10. The summed E-state index contributed by atoms with van der Waals surface area (Å²) in [5.74, 6) is 0. The number of pyridine rings is 2. The molecule has 0 saturated carbocycles. The minimum atomic E-state index is 0.275. The van der Waals surface area contributed by atoms with Crippen molar-refractivity contribution in [2.75, 3.05) is 9.80 Å². The average Bonchev–Trinajstić information content (AvgIpc) is 2.81. The lowest BCUT2D eigenvalue weighted by atomic mass is 10.0. The Morgan fingerprint density at radius 1 is 0.293 bits per heavy atom. The summed E-state index contributed by atoms with van der Waals surface area (Å²) in [7, 11) is 0. The quantitative estimate of drug-likeness (QED) is 0.136. The van der Waals surface area contributed by atoms with E-state index in [9.17, 15) is 10.5 Å². The van der Waals surface area contributed by atoms with Gasteiger partial charge in [0, 0.05) is 80.5 Å². The van der Waals surface area contributed by atoms with Gasteiger partial charge in [-0.2, -0.15) is 10.5 Å². The van der Waals surface area contributed by atoms with Crippen molar-refractivity contribution in [1.29, 1.82) is 10.5 Å². The van der Waals surface area contributed by atoms with E-state index in [4.69, 9.17) is 9.97 Å². The molecule has 0 N–H and O–H groups in total. The third-order valence-electron chi connectivity index (χ3n) is 15.9. The smallest absolute Gasteiger partial charge is 0.101 e. The number of rotatable bonds is 10. The molecule has 0 unspecified atom stereocenters. The van der Waals surface area contributed by atoms with Crippen LogP contribution < -0.4 is 9.80 Å². The Morgan fingerprint density at radius 3 is 1.05 bits per heavy atom. The zero-order chi connectivity index (χ0) is 54.7. The van der Waals surface area contributed by atoms with E-state index in [0.29, 0.717) is 0 Å². The van der Waals surface area contributed by atoms with Gasteiger partial charge >= 0.3 is 0 Å². The lowest BCUT2D eigenvalue weighted by Gasteiger charge is -2.26. The summed E-state index contributed by atoms with van der Waals surface area (Å²) in [4.78, 5) is 14.0. The maximum Gasteiger partial charge on any atom is 0.101 e. The Morgan fingerprint density at radius 2 is 0.634 bits per heavy atom. The summed E-state index contributed by atoms with van der Waals surface area (Å²) in [6.45, 7) is 0. The molecule has 0 saturated heterocycles. The van der Waals surface area contributed by atoms with Gasteiger partial charge in [0.25, 0.3) is 0 Å². The molecule has 8 heteroatoms. The van der Waals surface area contributed by atoms with Crippen molar-refractivity contribution in [3.8, 4) is 45.8 Å². The van der Waals surface area contributed by atoms with E-state index in [-0.39, 0.29) is 11.1 Å². The first-order valence-corrected chi connectivity index (χ1v) is 27.2. The van der Waals surface area contributed by atoms with E-state index < -0.39 is 0 Å². The van der Waals surface area contributed by atoms with E-state index in [1.165, 1.54) is 0 Å². The Bertz CT molecular complexity index is 4750. The number of hydrogen-bond donors (Lipinski definition) is 0. The van der Waals surface area contributed by atoms with Gasteiger partial charge in [-0.15, -0.1) is 0 Å². The summed E-state index contributed by atoms with van der Waals surface area (Å²) in [6, 6.07) is 94.2. The van der Waals surface area contributed by atoms with Gasteiger partial charge in [-0.25, -0.2) is 0 Å². The number of fused-ring (bicyclic) bond motifs is 8. The van der Waals surface area contributed by atoms with Crippen LogP contribution in [0.4, 0.5) is 34.1 Å². The molecule has 0 aliphatic carbocycles. The molecule has 4 aromatic heterocycles. The first-order chi connectivity index (χ1) is 40.6. The Balaban J connectivity index is 0.919. The predicted octanol–water partition coefficient (Wildman–Crippen LogP) is 19.0. The van der Waals surface area contributed by atoms with E-state index in [2.05, 4.69) is 249 Å². The highest BCUT2D eigenvalue weighted by Crippen LogP contribution is 2.45. The van der Waals surface area contributed by atoms with Crippen LogP contribution in [-0.2, 0) is 0 Å². The fourth-order valence-electron chi connectivity index (χ4n) is 12.0. The molecule has 0 fully saturated rings. The van der Waals surface area contributed by atoms with Crippen LogP contribution in [0.15, 0.2) is 280 Å². The maximum atomic E-state index is 10.8. The molecule has 0 radical (unpaired) electrons. The average molecular weight is 1050 g/mol. The molecule has 382 valence electrons. The highest BCUT2D eigenvalue weighted by Gasteiger charge is 2.25. The number of aromatic nitrogens is 4. The molecule has 11 aromatic carbocycles. The zero-order valence-electron chi connectivity index (χ0n) is 44.1. The number of benzene rings is 11. The Kier molecular flexibility index (Phi) is 11.4. The van der Waals surface area contributed by atoms with Crippen molar-refractivity contribution in [2.45, 2.75) is 0 Å². The van der Waals surface area contributed by atoms with Crippen molar-refractivity contribution >= 4 is 99.3 Å². The van der Waals surface area contributed by atoms with Crippen LogP contribution in [0.25, 0.3) is 98.8 Å². The number of hydrogen-bond acceptors (Lipinski definition) is 6. The summed E-state index contributed by atoms with van der Waals surface area (Å²) in [5, 5.41) is 30.0. The van der Waals surface area contributed by atoms with Gasteiger partial charge in [0.2, 0.25) is 0 Å². The second-order valence-corrected chi connectivity index (χ2v) is 20.5. The third-order valence-corrected chi connectivity index (χ3v) is 15.9. The first kappa shape index (κ1) is 47.6. The molecule has 82 heavy (non-hydrogen) atoms. The molecule has 0 bridgehead atoms. The molecule has 8 nitrogen and oxygen atoms in total. The summed E-state index contributed by atoms with van der Waals surface area (Å²) in [5.41, 5.74) is 16.2. The van der Waals surface area contributed by atoms with Crippen LogP contribution in [-0.4, -0.2) is 19.1 Å². The highest BCUT2D eigenvalue weighted by molar-refractivity contribution is 6.13. The van der Waals surface area contributed by atoms with Crippen molar-refractivity contribution in [3.63, 3.8) is 0 Å². The van der Waals surface area contributed by atoms with Gasteiger partial charge in [-0.3, -0.25) is 9.97 Å². The predicted molar refractivity (Wildman–Crippen MR) is 335 cm³/mol. The van der Waals surface area contributed by atoms with Crippen molar-refractivity contribution in [3.05, 3.63) is 291 Å². The van der Waals surface area contributed by atoms with Gasteiger partial charge in [0.15, 0.2) is 0 Å². The summed E-state index contributed by atoms with van der Waals surface area (Å²) < 4.78 is 4.44. The molecule has 0 atom stereocenters. The molecule has 15 aromatic rings. The fourth-order valence-corrected chi connectivity index (χ4v) is 12.0. The molecule has 0 spiro atoms. The second-order valence-electron chi connectivity index (χ2n) is 20.5. The number of nitrogens with zero attached hydrogens (tertiary/aromatic N) is 8. The summed E-state index contributed by atoms with van der Waals surface area (Å²) in [6.07, 6.45) is 7.47. The van der Waals surface area contributed by atoms with Crippen LogP contribution in [0.2, 0.25) is 0 Å². The van der Waals surface area contributed by atoms with Crippen LogP contribution >= 0.6 is 0 Å². The minimum absolute atomic E-state index is 0.275. The minimum Gasteiger partial charge on any atom is -0.310 e. The van der Waals surface area contributed by atoms with Crippen molar-refractivity contribution < 1.29 is 0 Å². The van der Waals surface area contributed by atoms with E-state index in [1.807, 2.05) is 61.2 Å². The van der Waals surface area contributed by atoms with Gasteiger partial charge in [0.05, 0.1) is 44.6 Å². The SMILES string of the molecule is N#Cc1cc(-n2c3ccncc3c3cc(N(c4ccc(-c5ccccc5)cc4)c4ccc5ccccc5c4)ccc32)c(-n2c3ccncc3c3cc(N(c4ccc(-c5ccccc5)cc4)c4ccc5ccccc5c4)ccc32)cc1C#N. The number of anilines is 6. The van der Waals surface area contributed by atoms with Crippen molar-refractivity contribution in [2.24, 2.45) is 0 Å². The second kappa shape index (κ2) is 19.7. The van der Waals surface area contributed by atoms with Crippen molar-refractivity contribution in [1.82, 2.24) is 19.1 Å². The van der Waals surface area contributed by atoms with E-state index >= 15 is 0 Å².